The number of H-pyrrole nitrogens is 1. The van der Waals surface area contributed by atoms with Gasteiger partial charge in [-0.2, -0.15) is 0 Å². The summed E-state index contributed by atoms with van der Waals surface area (Å²) >= 11 is 1.40. The Balaban J connectivity index is 1.72. The minimum absolute atomic E-state index is 0.0328. The molecule has 0 aliphatic rings. The van der Waals surface area contributed by atoms with Crippen LogP contribution in [-0.2, 0) is 5.41 Å². The predicted molar refractivity (Wildman–Crippen MR) is 126 cm³/mol. The minimum atomic E-state index is 0.0328. The number of aromatic nitrogens is 4. The van der Waals surface area contributed by atoms with Crippen molar-refractivity contribution in [1.29, 1.82) is 0 Å². The highest BCUT2D eigenvalue weighted by molar-refractivity contribution is 7.99. The third-order valence-electron chi connectivity index (χ3n) is 5.23. The Kier molecular flexibility index (Phi) is 5.83. The molecule has 0 fully saturated rings. The van der Waals surface area contributed by atoms with Crippen LogP contribution in [0.2, 0.25) is 0 Å². The zero-order valence-electron chi connectivity index (χ0n) is 18.2. The van der Waals surface area contributed by atoms with Gasteiger partial charge in [-0.05, 0) is 41.7 Å². The third kappa shape index (κ3) is 4.49. The summed E-state index contributed by atoms with van der Waals surface area (Å²) in [5.74, 6) is 1.09. The molecule has 0 saturated carbocycles. The van der Waals surface area contributed by atoms with E-state index in [1.54, 1.807) is 12.3 Å². The second kappa shape index (κ2) is 8.55. The monoisotopic (exact) mass is 430 g/mol. The van der Waals surface area contributed by atoms with Crippen molar-refractivity contribution < 1.29 is 4.79 Å². The largest absolute Gasteiger partial charge is 0.359 e. The summed E-state index contributed by atoms with van der Waals surface area (Å²) in [6, 6.07) is 20.3. The lowest BCUT2D eigenvalue weighted by molar-refractivity contribution is 0.101. The van der Waals surface area contributed by atoms with E-state index in [-0.39, 0.29) is 17.0 Å². The van der Waals surface area contributed by atoms with Gasteiger partial charge in [-0.25, -0.2) is 0 Å². The number of aryl methyl sites for hydroxylation is 1. The first-order valence-electron chi connectivity index (χ1n) is 10.3. The Morgan fingerprint density at radius 2 is 1.74 bits per heavy atom. The van der Waals surface area contributed by atoms with Crippen LogP contribution in [-0.4, -0.2) is 31.3 Å². The Hall–Kier alpha value is -3.12. The molecule has 5 nitrogen and oxygen atoms in total. The van der Waals surface area contributed by atoms with Crippen LogP contribution in [0.5, 0.6) is 0 Å². The molecule has 2 aromatic carbocycles. The summed E-state index contributed by atoms with van der Waals surface area (Å²) in [7, 11) is 0. The molecule has 2 aromatic heterocycles. The van der Waals surface area contributed by atoms with Gasteiger partial charge in [-0.1, -0.05) is 75.0 Å². The fraction of sp³-hybridized carbons (Fsp3) is 0.240. The van der Waals surface area contributed by atoms with Crippen LogP contribution in [0.15, 0.2) is 72.0 Å². The molecule has 0 unspecified atom stereocenters. The van der Waals surface area contributed by atoms with Gasteiger partial charge in [-0.15, -0.1) is 10.2 Å². The van der Waals surface area contributed by atoms with E-state index >= 15 is 0 Å². The molecule has 0 radical (unpaired) electrons. The average molecular weight is 431 g/mol. The quantitative estimate of drug-likeness (QED) is 0.308. The van der Waals surface area contributed by atoms with Crippen molar-refractivity contribution in [2.75, 3.05) is 5.75 Å². The van der Waals surface area contributed by atoms with Crippen molar-refractivity contribution >= 4 is 17.5 Å². The Bertz CT molecular complexity index is 1190. The minimum Gasteiger partial charge on any atom is -0.359 e. The molecule has 0 bridgehead atoms. The summed E-state index contributed by atoms with van der Waals surface area (Å²) in [5.41, 5.74) is 5.08. The number of Topliss-reactive ketones (excluding diaryl/α,β-unsaturated/α-hetero) is 1. The highest BCUT2D eigenvalue weighted by Gasteiger charge is 2.20. The fourth-order valence-corrected chi connectivity index (χ4v) is 4.24. The highest BCUT2D eigenvalue weighted by atomic mass is 32.2. The van der Waals surface area contributed by atoms with E-state index in [1.165, 1.54) is 17.3 Å². The number of nitrogens with one attached hydrogen (secondary N) is 1. The average Bonchev–Trinajstić information content (AvgIpc) is 3.42. The molecule has 6 heteroatoms. The van der Waals surface area contributed by atoms with E-state index in [1.807, 2.05) is 22.8 Å². The lowest BCUT2D eigenvalue weighted by Crippen LogP contribution is -2.10. The van der Waals surface area contributed by atoms with E-state index in [4.69, 9.17) is 0 Å². The standard InChI is InChI=1S/C25H26N4OS/c1-17-8-5-6-10-21(17)29-23(18-11-13-19(14-12-18)25(2,3)4)27-28-24(29)31-16-22(30)20-9-7-15-26-20/h5-15,26H,16H2,1-4H3. The molecular formula is C25H26N4OS. The van der Waals surface area contributed by atoms with Gasteiger partial charge in [-0.3, -0.25) is 9.36 Å². The van der Waals surface area contributed by atoms with E-state index < -0.39 is 0 Å². The van der Waals surface area contributed by atoms with Crippen LogP contribution in [0.25, 0.3) is 17.1 Å². The summed E-state index contributed by atoms with van der Waals surface area (Å²) in [4.78, 5) is 15.5. The molecule has 0 atom stereocenters. The molecule has 31 heavy (non-hydrogen) atoms. The first kappa shape index (κ1) is 21.1. The maximum absolute atomic E-state index is 12.5. The number of benzene rings is 2. The lowest BCUT2D eigenvalue weighted by atomic mass is 9.87. The van der Waals surface area contributed by atoms with Crippen molar-refractivity contribution in [2.45, 2.75) is 38.3 Å². The second-order valence-electron chi connectivity index (χ2n) is 8.55. The predicted octanol–water partition coefficient (Wildman–Crippen LogP) is 5.84. The molecule has 0 amide bonds. The zero-order chi connectivity index (χ0) is 22.0. The van der Waals surface area contributed by atoms with E-state index in [9.17, 15) is 4.79 Å². The number of hydrogen-bond donors (Lipinski definition) is 1. The molecule has 0 saturated heterocycles. The third-order valence-corrected chi connectivity index (χ3v) is 6.16. The number of nitrogens with zero attached hydrogens (tertiary/aromatic N) is 3. The molecule has 0 aliphatic heterocycles. The molecule has 0 spiro atoms. The molecular weight excluding hydrogens is 404 g/mol. The second-order valence-corrected chi connectivity index (χ2v) is 9.49. The van der Waals surface area contributed by atoms with Crippen LogP contribution in [0.1, 0.15) is 42.4 Å². The van der Waals surface area contributed by atoms with Crippen molar-refractivity contribution in [1.82, 2.24) is 19.7 Å². The van der Waals surface area contributed by atoms with E-state index in [0.29, 0.717) is 10.9 Å². The smallest absolute Gasteiger partial charge is 0.196 e. The highest BCUT2D eigenvalue weighted by Crippen LogP contribution is 2.31. The zero-order valence-corrected chi connectivity index (χ0v) is 19.0. The van der Waals surface area contributed by atoms with Gasteiger partial charge in [0.2, 0.25) is 0 Å². The summed E-state index contributed by atoms with van der Waals surface area (Å²) < 4.78 is 2.05. The van der Waals surface area contributed by atoms with Crippen LogP contribution < -0.4 is 0 Å². The van der Waals surface area contributed by atoms with Gasteiger partial charge in [0.15, 0.2) is 16.8 Å². The topological polar surface area (TPSA) is 63.6 Å². The molecule has 1 N–H and O–H groups in total. The first-order chi connectivity index (χ1) is 14.8. The first-order valence-corrected chi connectivity index (χ1v) is 11.2. The van der Waals surface area contributed by atoms with Crippen molar-refractivity contribution in [3.05, 3.63) is 83.7 Å². The molecule has 4 rings (SSSR count). The number of hydrogen-bond acceptors (Lipinski definition) is 4. The summed E-state index contributed by atoms with van der Waals surface area (Å²) in [5, 5.41) is 9.66. The summed E-state index contributed by atoms with van der Waals surface area (Å²) in [6.45, 7) is 8.68. The van der Waals surface area contributed by atoms with Gasteiger partial charge in [0, 0.05) is 11.8 Å². The molecule has 158 valence electrons. The molecule has 4 aromatic rings. The number of rotatable bonds is 6. The number of ketones is 1. The van der Waals surface area contributed by atoms with Gasteiger partial charge in [0.05, 0.1) is 17.1 Å². The Labute approximate surface area is 186 Å². The van der Waals surface area contributed by atoms with E-state index in [2.05, 4.69) is 79.3 Å². The lowest BCUT2D eigenvalue weighted by Gasteiger charge is -2.19. The Morgan fingerprint density at radius 3 is 2.39 bits per heavy atom. The van der Waals surface area contributed by atoms with Crippen LogP contribution in [0.4, 0.5) is 0 Å². The fourth-order valence-electron chi connectivity index (χ4n) is 3.41. The maximum Gasteiger partial charge on any atom is 0.196 e. The Morgan fingerprint density at radius 1 is 1.00 bits per heavy atom. The van der Waals surface area contributed by atoms with Crippen molar-refractivity contribution in [2.24, 2.45) is 0 Å². The maximum atomic E-state index is 12.5. The van der Waals surface area contributed by atoms with Gasteiger partial charge >= 0.3 is 0 Å². The number of thioether (sulfide) groups is 1. The summed E-state index contributed by atoms with van der Waals surface area (Å²) in [6.07, 6.45) is 1.76. The van der Waals surface area contributed by atoms with Gasteiger partial charge in [0.1, 0.15) is 0 Å². The van der Waals surface area contributed by atoms with Gasteiger partial charge < -0.3 is 4.98 Å². The molecule has 0 aliphatic carbocycles. The van der Waals surface area contributed by atoms with Crippen LogP contribution >= 0.6 is 11.8 Å². The van der Waals surface area contributed by atoms with Crippen LogP contribution in [0, 0.1) is 6.92 Å². The number of carbonyl (C=O) groups is 1. The molecule has 2 heterocycles. The number of carbonyl (C=O) groups excluding carboxylic acids is 1. The van der Waals surface area contributed by atoms with Crippen molar-refractivity contribution in [3.8, 4) is 17.1 Å². The van der Waals surface area contributed by atoms with Crippen LogP contribution in [0.3, 0.4) is 0 Å². The number of aromatic amines is 1. The van der Waals surface area contributed by atoms with Gasteiger partial charge in [0.25, 0.3) is 0 Å². The number of para-hydroxylation sites is 1. The van der Waals surface area contributed by atoms with Crippen molar-refractivity contribution in [3.63, 3.8) is 0 Å². The normalized spacial score (nSPS) is 11.6. The van der Waals surface area contributed by atoms with E-state index in [0.717, 1.165) is 22.6 Å². The SMILES string of the molecule is Cc1ccccc1-n1c(SCC(=O)c2ccc[nH]2)nnc1-c1ccc(C(C)(C)C)cc1.